The smallest absolute Gasteiger partial charge is 0.345 e. The normalized spacial score (nSPS) is 12.9. The Bertz CT molecular complexity index is 401. The molecule has 0 aromatic carbocycles. The van der Waals surface area contributed by atoms with Crippen LogP contribution in [-0.2, 0) is 6.54 Å². The van der Waals surface area contributed by atoms with Crippen molar-refractivity contribution in [2.75, 3.05) is 6.61 Å². The minimum atomic E-state index is -0.870. The van der Waals surface area contributed by atoms with Crippen LogP contribution in [0.1, 0.15) is 40.4 Å². The minimum absolute atomic E-state index is 0.166. The standard InChI is InChI=1S/C13H21NO3S/c1-8(2)11(4-5-15)14-7-10-6-12(13(16)17)18-9(10)3/h6,8,11,14-15H,4-5,7H2,1-3H3,(H,16,17). The summed E-state index contributed by atoms with van der Waals surface area (Å²) in [5, 5.41) is 21.3. The molecule has 1 rings (SSSR count). The molecule has 0 saturated carbocycles. The molecule has 0 spiro atoms. The molecule has 1 unspecified atom stereocenters. The Morgan fingerprint density at radius 2 is 2.17 bits per heavy atom. The van der Waals surface area contributed by atoms with Gasteiger partial charge in [0.05, 0.1) is 0 Å². The first kappa shape index (κ1) is 15.1. The maximum Gasteiger partial charge on any atom is 0.345 e. The van der Waals surface area contributed by atoms with Crippen LogP contribution >= 0.6 is 11.3 Å². The molecule has 1 aromatic rings. The van der Waals surface area contributed by atoms with E-state index in [-0.39, 0.29) is 12.6 Å². The zero-order chi connectivity index (χ0) is 13.7. The highest BCUT2D eigenvalue weighted by Gasteiger charge is 2.15. The van der Waals surface area contributed by atoms with Crippen LogP contribution in [0.15, 0.2) is 6.07 Å². The molecule has 1 heterocycles. The Kier molecular flexibility index (Phi) is 5.78. The third kappa shape index (κ3) is 4.08. The van der Waals surface area contributed by atoms with Crippen molar-refractivity contribution >= 4 is 17.3 Å². The predicted octanol–water partition coefficient (Wildman–Crippen LogP) is 2.25. The van der Waals surface area contributed by atoms with Gasteiger partial charge in [-0.15, -0.1) is 11.3 Å². The number of aliphatic hydroxyl groups excluding tert-OH is 1. The molecular weight excluding hydrogens is 250 g/mol. The zero-order valence-corrected chi connectivity index (χ0v) is 11.9. The van der Waals surface area contributed by atoms with E-state index >= 15 is 0 Å². The van der Waals surface area contributed by atoms with Gasteiger partial charge in [0.25, 0.3) is 0 Å². The molecule has 0 radical (unpaired) electrons. The average molecular weight is 271 g/mol. The Morgan fingerprint density at radius 3 is 2.61 bits per heavy atom. The number of hydrogen-bond donors (Lipinski definition) is 3. The molecule has 1 atom stereocenters. The van der Waals surface area contributed by atoms with Crippen LogP contribution in [0.4, 0.5) is 0 Å². The largest absolute Gasteiger partial charge is 0.477 e. The maximum atomic E-state index is 10.9. The van der Waals surface area contributed by atoms with Crippen LogP contribution < -0.4 is 5.32 Å². The zero-order valence-electron chi connectivity index (χ0n) is 11.1. The van der Waals surface area contributed by atoms with Gasteiger partial charge in [-0.25, -0.2) is 4.79 Å². The summed E-state index contributed by atoms with van der Waals surface area (Å²) < 4.78 is 0. The molecular formula is C13H21NO3S. The third-order valence-electron chi connectivity index (χ3n) is 3.03. The first-order valence-corrected chi connectivity index (χ1v) is 6.94. The Morgan fingerprint density at radius 1 is 1.50 bits per heavy atom. The summed E-state index contributed by atoms with van der Waals surface area (Å²) in [5.41, 5.74) is 1.03. The number of nitrogens with one attached hydrogen (secondary N) is 1. The van der Waals surface area contributed by atoms with E-state index in [1.807, 2.05) is 6.92 Å². The number of carboxylic acids is 1. The van der Waals surface area contributed by atoms with Gasteiger partial charge in [0.1, 0.15) is 4.88 Å². The van der Waals surface area contributed by atoms with Crippen molar-refractivity contribution in [1.29, 1.82) is 0 Å². The van der Waals surface area contributed by atoms with E-state index in [4.69, 9.17) is 10.2 Å². The van der Waals surface area contributed by atoms with E-state index in [1.54, 1.807) is 6.07 Å². The number of aliphatic hydroxyl groups is 1. The molecule has 102 valence electrons. The molecule has 18 heavy (non-hydrogen) atoms. The Balaban J connectivity index is 2.64. The van der Waals surface area contributed by atoms with E-state index < -0.39 is 5.97 Å². The highest BCUT2D eigenvalue weighted by atomic mass is 32.1. The number of thiophene rings is 1. The van der Waals surface area contributed by atoms with Gasteiger partial charge < -0.3 is 15.5 Å². The van der Waals surface area contributed by atoms with Crippen LogP contribution in [0.2, 0.25) is 0 Å². The van der Waals surface area contributed by atoms with Crippen LogP contribution in [0.5, 0.6) is 0 Å². The van der Waals surface area contributed by atoms with Crippen LogP contribution in [-0.4, -0.2) is 28.8 Å². The molecule has 0 aliphatic rings. The van der Waals surface area contributed by atoms with E-state index in [1.165, 1.54) is 11.3 Å². The lowest BCUT2D eigenvalue weighted by molar-refractivity contribution is 0.0702. The second kappa shape index (κ2) is 6.87. The number of carboxylic acid groups (broad SMARTS) is 1. The van der Waals surface area contributed by atoms with Crippen LogP contribution in [0.25, 0.3) is 0 Å². The van der Waals surface area contributed by atoms with E-state index in [9.17, 15) is 4.79 Å². The summed E-state index contributed by atoms with van der Waals surface area (Å²) in [6.07, 6.45) is 0.715. The van der Waals surface area contributed by atoms with Gasteiger partial charge in [-0.3, -0.25) is 0 Å². The number of aryl methyl sites for hydroxylation is 1. The number of rotatable bonds is 7. The lowest BCUT2D eigenvalue weighted by Gasteiger charge is -2.21. The molecule has 0 bridgehead atoms. The van der Waals surface area contributed by atoms with Crippen molar-refractivity contribution in [2.45, 2.75) is 39.8 Å². The highest BCUT2D eigenvalue weighted by Crippen LogP contribution is 2.22. The molecule has 1 aromatic heterocycles. The predicted molar refractivity (Wildman–Crippen MR) is 73.2 cm³/mol. The second-order valence-electron chi connectivity index (χ2n) is 4.74. The molecule has 5 heteroatoms. The van der Waals surface area contributed by atoms with Gasteiger partial charge >= 0.3 is 5.97 Å². The monoisotopic (exact) mass is 271 g/mol. The Hall–Kier alpha value is -0.910. The SMILES string of the molecule is Cc1sc(C(=O)O)cc1CNC(CCO)C(C)C. The lowest BCUT2D eigenvalue weighted by atomic mass is 10.0. The molecule has 3 N–H and O–H groups in total. The van der Waals surface area contributed by atoms with Crippen molar-refractivity contribution in [2.24, 2.45) is 5.92 Å². The van der Waals surface area contributed by atoms with Gasteiger partial charge in [-0.1, -0.05) is 13.8 Å². The van der Waals surface area contributed by atoms with Crippen molar-refractivity contribution in [3.8, 4) is 0 Å². The van der Waals surface area contributed by atoms with Gasteiger partial charge in [0, 0.05) is 24.1 Å². The number of aromatic carboxylic acids is 1. The fourth-order valence-electron chi connectivity index (χ4n) is 1.85. The topological polar surface area (TPSA) is 69.6 Å². The number of carbonyl (C=O) groups is 1. The molecule has 0 saturated heterocycles. The quantitative estimate of drug-likeness (QED) is 0.711. The fourth-order valence-corrected chi connectivity index (χ4v) is 2.73. The van der Waals surface area contributed by atoms with Crippen LogP contribution in [0, 0.1) is 12.8 Å². The van der Waals surface area contributed by atoms with E-state index in [0.717, 1.165) is 10.4 Å². The fraction of sp³-hybridized carbons (Fsp3) is 0.615. The molecule has 0 amide bonds. The summed E-state index contributed by atoms with van der Waals surface area (Å²) in [6, 6.07) is 1.98. The van der Waals surface area contributed by atoms with Gasteiger partial charge in [-0.2, -0.15) is 0 Å². The molecule has 0 aliphatic carbocycles. The van der Waals surface area contributed by atoms with Crippen molar-refractivity contribution < 1.29 is 15.0 Å². The van der Waals surface area contributed by atoms with Crippen molar-refractivity contribution in [3.63, 3.8) is 0 Å². The molecule has 0 fully saturated rings. The highest BCUT2D eigenvalue weighted by molar-refractivity contribution is 7.14. The summed E-state index contributed by atoms with van der Waals surface area (Å²) in [4.78, 5) is 12.3. The van der Waals surface area contributed by atoms with Gasteiger partial charge in [0.15, 0.2) is 0 Å². The minimum Gasteiger partial charge on any atom is -0.477 e. The summed E-state index contributed by atoms with van der Waals surface area (Å²) in [7, 11) is 0. The van der Waals surface area contributed by atoms with Crippen LogP contribution in [0.3, 0.4) is 0 Å². The summed E-state index contributed by atoms with van der Waals surface area (Å²) >= 11 is 1.31. The van der Waals surface area contributed by atoms with Gasteiger partial charge in [-0.05, 0) is 30.9 Å². The van der Waals surface area contributed by atoms with E-state index in [0.29, 0.717) is 23.8 Å². The second-order valence-corrected chi connectivity index (χ2v) is 6.00. The average Bonchev–Trinajstić information content (AvgIpc) is 2.66. The molecule has 0 aliphatic heterocycles. The Labute approximate surface area is 112 Å². The first-order chi connectivity index (χ1) is 8.45. The maximum absolute atomic E-state index is 10.9. The van der Waals surface area contributed by atoms with Crippen molar-refractivity contribution in [3.05, 3.63) is 21.4 Å². The van der Waals surface area contributed by atoms with Gasteiger partial charge in [0.2, 0.25) is 0 Å². The molecule has 4 nitrogen and oxygen atoms in total. The third-order valence-corrected chi connectivity index (χ3v) is 4.11. The van der Waals surface area contributed by atoms with E-state index in [2.05, 4.69) is 19.2 Å². The first-order valence-electron chi connectivity index (χ1n) is 6.12. The summed E-state index contributed by atoms with van der Waals surface area (Å²) in [6.45, 7) is 6.97. The lowest BCUT2D eigenvalue weighted by Crippen LogP contribution is -2.34. The van der Waals surface area contributed by atoms with Crippen molar-refractivity contribution in [1.82, 2.24) is 5.32 Å². The summed E-state index contributed by atoms with van der Waals surface area (Å²) in [5.74, 6) is -0.430. The number of hydrogen-bond acceptors (Lipinski definition) is 4.